The fourth-order valence-corrected chi connectivity index (χ4v) is 2.93. The molecule has 1 aromatic rings. The van der Waals surface area contributed by atoms with E-state index in [1.165, 1.54) is 32.1 Å². The van der Waals surface area contributed by atoms with E-state index >= 15 is 0 Å². The van der Waals surface area contributed by atoms with E-state index in [-0.39, 0.29) is 0 Å². The maximum atomic E-state index is 12.3. The minimum Gasteiger partial charge on any atom is -0.294 e. The zero-order valence-electron chi connectivity index (χ0n) is 11.1. The molecule has 1 aliphatic carbocycles. The minimum atomic E-state index is 0.292. The van der Waals surface area contributed by atoms with Gasteiger partial charge >= 0.3 is 0 Å². The second kappa shape index (κ2) is 5.03. The first-order valence-corrected chi connectivity index (χ1v) is 6.63. The highest BCUT2D eigenvalue weighted by atomic mass is 16.1. The number of carbonyl (C=O) groups excluding carboxylic acids is 1. The van der Waals surface area contributed by atoms with E-state index in [1.807, 2.05) is 25.6 Å². The Bertz CT molecular complexity index is 414. The van der Waals surface area contributed by atoms with Gasteiger partial charge in [-0.25, -0.2) is 0 Å². The summed E-state index contributed by atoms with van der Waals surface area (Å²) in [6.07, 6.45) is 7.10. The Morgan fingerprint density at radius 1 is 1.29 bits per heavy atom. The standard InChI is InChI=1S/C14H22N2O/c1-10-14(11(2)16(3)15-10)13(17)9-12-7-5-4-6-8-12/h12H,4-9H2,1-3H3. The van der Waals surface area contributed by atoms with Crippen molar-refractivity contribution in [2.24, 2.45) is 13.0 Å². The average molecular weight is 234 g/mol. The summed E-state index contributed by atoms with van der Waals surface area (Å²) in [7, 11) is 1.90. The van der Waals surface area contributed by atoms with Crippen molar-refractivity contribution in [3.8, 4) is 0 Å². The van der Waals surface area contributed by atoms with Crippen molar-refractivity contribution in [3.05, 3.63) is 17.0 Å². The molecule has 1 saturated carbocycles. The smallest absolute Gasteiger partial charge is 0.166 e. The van der Waals surface area contributed by atoms with Crippen molar-refractivity contribution in [1.29, 1.82) is 0 Å². The van der Waals surface area contributed by atoms with Crippen LogP contribution in [0.15, 0.2) is 0 Å². The van der Waals surface area contributed by atoms with Gasteiger partial charge in [-0.05, 0) is 19.8 Å². The quantitative estimate of drug-likeness (QED) is 0.753. The molecule has 2 rings (SSSR count). The van der Waals surface area contributed by atoms with Crippen LogP contribution < -0.4 is 0 Å². The summed E-state index contributed by atoms with van der Waals surface area (Å²) in [5.74, 6) is 0.898. The van der Waals surface area contributed by atoms with Crippen LogP contribution in [-0.4, -0.2) is 15.6 Å². The number of hydrogen-bond acceptors (Lipinski definition) is 2. The van der Waals surface area contributed by atoms with Gasteiger partial charge in [0.2, 0.25) is 0 Å². The Hall–Kier alpha value is -1.12. The first-order valence-electron chi connectivity index (χ1n) is 6.63. The topological polar surface area (TPSA) is 34.9 Å². The lowest BCUT2D eigenvalue weighted by atomic mass is 9.84. The number of hydrogen-bond donors (Lipinski definition) is 0. The van der Waals surface area contributed by atoms with Crippen LogP contribution in [0.2, 0.25) is 0 Å². The summed E-state index contributed by atoms with van der Waals surface area (Å²) in [6, 6.07) is 0. The summed E-state index contributed by atoms with van der Waals surface area (Å²) >= 11 is 0. The van der Waals surface area contributed by atoms with Gasteiger partial charge in [0.05, 0.1) is 11.3 Å². The molecule has 0 unspecified atom stereocenters. The van der Waals surface area contributed by atoms with Gasteiger partial charge in [0.25, 0.3) is 0 Å². The van der Waals surface area contributed by atoms with Gasteiger partial charge in [0.1, 0.15) is 0 Å². The molecule has 0 bridgehead atoms. The highest BCUT2D eigenvalue weighted by molar-refractivity contribution is 5.98. The van der Waals surface area contributed by atoms with Crippen molar-refractivity contribution in [2.75, 3.05) is 0 Å². The summed E-state index contributed by atoms with van der Waals surface area (Å²) in [5, 5.41) is 4.32. The van der Waals surface area contributed by atoms with Crippen LogP contribution >= 0.6 is 0 Å². The Labute approximate surface area is 103 Å². The predicted molar refractivity (Wildman–Crippen MR) is 68.2 cm³/mol. The molecule has 0 saturated heterocycles. The molecular formula is C14H22N2O. The third-order valence-electron chi connectivity index (χ3n) is 3.99. The number of Topliss-reactive ketones (excluding diaryl/α,β-unsaturated/α-hetero) is 1. The van der Waals surface area contributed by atoms with Crippen molar-refractivity contribution >= 4 is 5.78 Å². The number of nitrogens with zero attached hydrogens (tertiary/aromatic N) is 2. The van der Waals surface area contributed by atoms with E-state index in [0.29, 0.717) is 18.1 Å². The molecule has 1 heterocycles. The molecule has 1 aliphatic rings. The van der Waals surface area contributed by atoms with E-state index in [2.05, 4.69) is 5.10 Å². The molecule has 1 fully saturated rings. The molecule has 17 heavy (non-hydrogen) atoms. The van der Waals surface area contributed by atoms with Crippen molar-refractivity contribution in [2.45, 2.75) is 52.4 Å². The second-order valence-corrected chi connectivity index (χ2v) is 5.30. The summed E-state index contributed by atoms with van der Waals surface area (Å²) in [5.41, 5.74) is 2.74. The number of ketones is 1. The lowest BCUT2D eigenvalue weighted by Crippen LogP contribution is -2.13. The van der Waals surface area contributed by atoms with Crippen LogP contribution in [0, 0.1) is 19.8 Å². The Kier molecular flexibility index (Phi) is 3.65. The zero-order chi connectivity index (χ0) is 12.4. The number of aromatic nitrogens is 2. The maximum Gasteiger partial charge on any atom is 0.166 e. The van der Waals surface area contributed by atoms with Gasteiger partial charge < -0.3 is 0 Å². The zero-order valence-corrected chi connectivity index (χ0v) is 11.1. The molecule has 0 spiro atoms. The fourth-order valence-electron chi connectivity index (χ4n) is 2.93. The highest BCUT2D eigenvalue weighted by Crippen LogP contribution is 2.28. The molecule has 0 aromatic carbocycles. The van der Waals surface area contributed by atoms with Crippen molar-refractivity contribution in [1.82, 2.24) is 9.78 Å². The van der Waals surface area contributed by atoms with E-state index in [4.69, 9.17) is 0 Å². The molecule has 3 heteroatoms. The third-order valence-corrected chi connectivity index (χ3v) is 3.99. The van der Waals surface area contributed by atoms with Gasteiger partial charge in [-0.1, -0.05) is 32.1 Å². The Morgan fingerprint density at radius 2 is 1.94 bits per heavy atom. The average Bonchev–Trinajstić information content (AvgIpc) is 2.54. The van der Waals surface area contributed by atoms with Crippen LogP contribution in [0.25, 0.3) is 0 Å². The fraction of sp³-hybridized carbons (Fsp3) is 0.714. The van der Waals surface area contributed by atoms with Crippen molar-refractivity contribution in [3.63, 3.8) is 0 Å². The number of aryl methyl sites for hydroxylation is 2. The van der Waals surface area contributed by atoms with Gasteiger partial charge in [0.15, 0.2) is 5.78 Å². The lowest BCUT2D eigenvalue weighted by molar-refractivity contribution is 0.0949. The largest absolute Gasteiger partial charge is 0.294 e. The molecule has 0 N–H and O–H groups in total. The summed E-state index contributed by atoms with van der Waals surface area (Å²) < 4.78 is 1.81. The van der Waals surface area contributed by atoms with E-state index in [0.717, 1.165) is 17.0 Å². The third kappa shape index (κ3) is 2.59. The Balaban J connectivity index is 2.08. The molecule has 1 aromatic heterocycles. The van der Waals surface area contributed by atoms with Crippen LogP contribution in [0.1, 0.15) is 60.3 Å². The van der Waals surface area contributed by atoms with Crippen LogP contribution in [0.3, 0.4) is 0 Å². The predicted octanol–water partition coefficient (Wildman–Crippen LogP) is 3.19. The molecule has 0 aliphatic heterocycles. The Morgan fingerprint density at radius 3 is 2.47 bits per heavy atom. The van der Waals surface area contributed by atoms with Crippen LogP contribution in [0.5, 0.6) is 0 Å². The normalized spacial score (nSPS) is 17.4. The van der Waals surface area contributed by atoms with Crippen LogP contribution in [0.4, 0.5) is 0 Å². The molecule has 0 amide bonds. The van der Waals surface area contributed by atoms with Gasteiger partial charge in [-0.3, -0.25) is 9.48 Å². The van der Waals surface area contributed by atoms with E-state index < -0.39 is 0 Å². The first-order chi connectivity index (χ1) is 8.09. The molecular weight excluding hydrogens is 212 g/mol. The highest BCUT2D eigenvalue weighted by Gasteiger charge is 2.22. The minimum absolute atomic E-state index is 0.292. The van der Waals surface area contributed by atoms with Crippen molar-refractivity contribution < 1.29 is 4.79 Å². The second-order valence-electron chi connectivity index (χ2n) is 5.30. The number of rotatable bonds is 3. The first kappa shape index (κ1) is 12.3. The van der Waals surface area contributed by atoms with Gasteiger partial charge in [0, 0.05) is 19.2 Å². The van der Waals surface area contributed by atoms with Gasteiger partial charge in [-0.2, -0.15) is 5.10 Å². The number of carbonyl (C=O) groups is 1. The maximum absolute atomic E-state index is 12.3. The van der Waals surface area contributed by atoms with Gasteiger partial charge in [-0.15, -0.1) is 0 Å². The summed E-state index contributed by atoms with van der Waals surface area (Å²) in [4.78, 5) is 12.3. The molecule has 0 radical (unpaired) electrons. The lowest BCUT2D eigenvalue weighted by Gasteiger charge is -2.20. The molecule has 3 nitrogen and oxygen atoms in total. The monoisotopic (exact) mass is 234 g/mol. The molecule has 0 atom stereocenters. The molecule has 94 valence electrons. The van der Waals surface area contributed by atoms with E-state index in [9.17, 15) is 4.79 Å². The SMILES string of the molecule is Cc1nn(C)c(C)c1C(=O)CC1CCCCC1. The summed E-state index contributed by atoms with van der Waals surface area (Å²) in [6.45, 7) is 3.91. The van der Waals surface area contributed by atoms with Crippen LogP contribution in [-0.2, 0) is 7.05 Å². The van der Waals surface area contributed by atoms with E-state index in [1.54, 1.807) is 0 Å².